The van der Waals surface area contributed by atoms with Gasteiger partial charge in [0.15, 0.2) is 0 Å². The highest BCUT2D eigenvalue weighted by Crippen LogP contribution is 2.31. The van der Waals surface area contributed by atoms with E-state index in [0.29, 0.717) is 0 Å². The summed E-state index contributed by atoms with van der Waals surface area (Å²) in [5.41, 5.74) is -1.34. The summed E-state index contributed by atoms with van der Waals surface area (Å²) in [5, 5.41) is 28.7. The molecule has 8 nitrogen and oxygen atoms in total. The zero-order valence-electron chi connectivity index (χ0n) is 11.3. The Balaban J connectivity index is 2.41. The van der Waals surface area contributed by atoms with E-state index in [0.717, 1.165) is 0 Å². The molecule has 0 saturated carbocycles. The third-order valence-corrected chi connectivity index (χ3v) is 3.31. The minimum Gasteiger partial charge on any atom is -0.394 e. The van der Waals surface area contributed by atoms with Crippen molar-refractivity contribution in [2.24, 2.45) is 0 Å². The molecule has 8 heteroatoms. The maximum Gasteiger partial charge on any atom is 0.329 e. The number of aromatic amines is 1. The van der Waals surface area contributed by atoms with Crippen molar-refractivity contribution in [2.45, 2.75) is 37.9 Å². The summed E-state index contributed by atoms with van der Waals surface area (Å²) in [5.74, 6) is 5.30. The largest absolute Gasteiger partial charge is 0.394 e. The minimum absolute atomic E-state index is 0.00463. The smallest absolute Gasteiger partial charge is 0.329 e. The van der Waals surface area contributed by atoms with Gasteiger partial charge in [-0.2, -0.15) is 0 Å². The summed E-state index contributed by atoms with van der Waals surface area (Å²) in [7, 11) is 0. The lowest BCUT2D eigenvalue weighted by Crippen LogP contribution is -2.36. The summed E-state index contributed by atoms with van der Waals surface area (Å²) in [6.45, 7) is 1.20. The third kappa shape index (κ3) is 2.91. The fourth-order valence-corrected chi connectivity index (χ4v) is 2.17. The summed E-state index contributed by atoms with van der Waals surface area (Å²) >= 11 is 0. The molecule has 4 N–H and O–H groups in total. The van der Waals surface area contributed by atoms with E-state index in [1.807, 2.05) is 0 Å². The van der Waals surface area contributed by atoms with Gasteiger partial charge in [-0.25, -0.2) is 4.79 Å². The van der Waals surface area contributed by atoms with Gasteiger partial charge in [-0.15, -0.1) is 5.92 Å². The van der Waals surface area contributed by atoms with Gasteiger partial charge in [-0.1, -0.05) is 5.92 Å². The van der Waals surface area contributed by atoms with E-state index in [1.165, 1.54) is 10.8 Å². The molecule has 2 rings (SSSR count). The van der Waals surface area contributed by atoms with Gasteiger partial charge in [0.05, 0.1) is 18.7 Å². The van der Waals surface area contributed by atoms with Gasteiger partial charge in [0, 0.05) is 6.20 Å². The molecule has 1 aromatic heterocycles. The van der Waals surface area contributed by atoms with Crippen molar-refractivity contribution in [2.75, 3.05) is 6.61 Å². The summed E-state index contributed by atoms with van der Waals surface area (Å²) in [4.78, 5) is 25.6. The predicted octanol–water partition coefficient (Wildman–Crippen LogP) is -2.29. The van der Waals surface area contributed by atoms with Crippen LogP contribution in [0.15, 0.2) is 15.8 Å². The molecular formula is C13H16N2O6. The van der Waals surface area contributed by atoms with Crippen LogP contribution in [0.3, 0.4) is 0 Å². The van der Waals surface area contributed by atoms with Crippen LogP contribution in [0.25, 0.3) is 0 Å². The van der Waals surface area contributed by atoms with E-state index < -0.39 is 42.3 Å². The minimum atomic E-state index is -1.37. The van der Waals surface area contributed by atoms with Crippen molar-refractivity contribution in [3.05, 3.63) is 32.6 Å². The summed E-state index contributed by atoms with van der Waals surface area (Å²) in [6, 6.07) is 0. The Kier molecular flexibility index (Phi) is 4.59. The molecule has 0 unspecified atom stereocenters. The highest BCUT2D eigenvalue weighted by atomic mass is 16.6. The van der Waals surface area contributed by atoms with Crippen molar-refractivity contribution < 1.29 is 20.1 Å². The molecule has 1 aliphatic heterocycles. The van der Waals surface area contributed by atoms with Crippen molar-refractivity contribution in [3.63, 3.8) is 0 Å². The van der Waals surface area contributed by atoms with Crippen molar-refractivity contribution in [3.8, 4) is 11.8 Å². The molecule has 0 bridgehead atoms. The number of rotatable bonds is 3. The molecule has 114 valence electrons. The molecule has 21 heavy (non-hydrogen) atoms. The van der Waals surface area contributed by atoms with E-state index in [1.54, 1.807) is 6.92 Å². The number of nitrogens with one attached hydrogen (secondary N) is 1. The van der Waals surface area contributed by atoms with Gasteiger partial charge in [-0.3, -0.25) is 14.3 Å². The zero-order chi connectivity index (χ0) is 15.6. The monoisotopic (exact) mass is 296 g/mol. The number of nitrogens with zero attached hydrogens (tertiary/aromatic N) is 1. The molecule has 1 aromatic rings. The highest BCUT2D eigenvalue weighted by molar-refractivity contribution is 5.15. The second kappa shape index (κ2) is 6.24. The van der Waals surface area contributed by atoms with Crippen molar-refractivity contribution in [1.29, 1.82) is 0 Å². The van der Waals surface area contributed by atoms with Crippen LogP contribution in [0, 0.1) is 11.8 Å². The lowest BCUT2D eigenvalue weighted by Gasteiger charge is -2.14. The van der Waals surface area contributed by atoms with E-state index in [-0.39, 0.29) is 12.1 Å². The first-order valence-electron chi connectivity index (χ1n) is 6.35. The molecule has 0 radical (unpaired) electrons. The van der Waals surface area contributed by atoms with E-state index in [4.69, 9.17) is 9.84 Å². The number of H-pyrrole nitrogens is 1. The van der Waals surface area contributed by atoms with Crippen LogP contribution < -0.4 is 11.2 Å². The SMILES string of the molecule is CC#CCn1cc([C@@H]2O[C@H](CO)[C@@H](O)[C@H]2O)c(=O)[nH]c1=O. The number of hydrogen-bond donors (Lipinski definition) is 4. The molecular weight excluding hydrogens is 280 g/mol. The number of aliphatic hydroxyl groups excluding tert-OH is 3. The number of aromatic nitrogens is 2. The Hall–Kier alpha value is -1.92. The van der Waals surface area contributed by atoms with Gasteiger partial charge >= 0.3 is 5.69 Å². The third-order valence-electron chi connectivity index (χ3n) is 3.31. The Morgan fingerprint density at radius 1 is 1.38 bits per heavy atom. The van der Waals surface area contributed by atoms with Crippen LogP contribution >= 0.6 is 0 Å². The topological polar surface area (TPSA) is 125 Å². The number of aliphatic hydroxyl groups is 3. The summed E-state index contributed by atoms with van der Waals surface area (Å²) in [6.07, 6.45) is -3.55. The van der Waals surface area contributed by atoms with Crippen LogP contribution in [-0.2, 0) is 11.3 Å². The van der Waals surface area contributed by atoms with Gasteiger partial charge in [0.1, 0.15) is 24.4 Å². The number of ether oxygens (including phenoxy) is 1. The Bertz CT molecular complexity index is 682. The van der Waals surface area contributed by atoms with Crippen LogP contribution in [0.5, 0.6) is 0 Å². The quantitative estimate of drug-likeness (QED) is 0.466. The van der Waals surface area contributed by atoms with E-state index in [9.17, 15) is 19.8 Å². The van der Waals surface area contributed by atoms with Crippen LogP contribution in [-0.4, -0.2) is 49.8 Å². The molecule has 0 aliphatic carbocycles. The maximum absolute atomic E-state index is 11.9. The molecule has 1 fully saturated rings. The summed E-state index contributed by atoms with van der Waals surface area (Å²) < 4.78 is 6.45. The van der Waals surface area contributed by atoms with Crippen LogP contribution in [0.1, 0.15) is 18.6 Å². The molecule has 0 spiro atoms. The lowest BCUT2D eigenvalue weighted by atomic mass is 10.0. The zero-order valence-corrected chi connectivity index (χ0v) is 11.3. The lowest BCUT2D eigenvalue weighted by molar-refractivity contribution is -0.0233. The molecule has 1 saturated heterocycles. The Morgan fingerprint density at radius 2 is 2.10 bits per heavy atom. The Labute approximate surface area is 119 Å². The van der Waals surface area contributed by atoms with Gasteiger partial charge < -0.3 is 20.1 Å². The fraction of sp³-hybridized carbons (Fsp3) is 0.538. The first-order valence-corrected chi connectivity index (χ1v) is 6.35. The normalized spacial score (nSPS) is 28.2. The number of hydrogen-bond acceptors (Lipinski definition) is 6. The first kappa shape index (κ1) is 15.5. The molecule has 1 aliphatic rings. The second-order valence-corrected chi connectivity index (χ2v) is 4.66. The standard InChI is InChI=1S/C13H16N2O6/c1-2-3-4-15-5-7(12(19)14-13(15)20)11-10(18)9(17)8(6-16)21-11/h5,8-11,16-18H,4,6H2,1H3,(H,14,19,20)/t8-,9-,10-,11+/m1/s1. The van der Waals surface area contributed by atoms with Gasteiger partial charge in [0.2, 0.25) is 0 Å². The Morgan fingerprint density at radius 3 is 2.67 bits per heavy atom. The van der Waals surface area contributed by atoms with Gasteiger partial charge in [-0.05, 0) is 6.92 Å². The molecule has 4 atom stereocenters. The first-order chi connectivity index (χ1) is 9.99. The maximum atomic E-state index is 11.9. The molecule has 0 amide bonds. The van der Waals surface area contributed by atoms with Gasteiger partial charge in [0.25, 0.3) is 5.56 Å². The van der Waals surface area contributed by atoms with E-state index >= 15 is 0 Å². The molecule has 0 aromatic carbocycles. The van der Waals surface area contributed by atoms with E-state index in [2.05, 4.69) is 16.8 Å². The fourth-order valence-electron chi connectivity index (χ4n) is 2.17. The molecule has 2 heterocycles. The second-order valence-electron chi connectivity index (χ2n) is 4.66. The van der Waals surface area contributed by atoms with Crippen LogP contribution in [0.2, 0.25) is 0 Å². The highest BCUT2D eigenvalue weighted by Gasteiger charge is 2.44. The van der Waals surface area contributed by atoms with Crippen LogP contribution in [0.4, 0.5) is 0 Å². The predicted molar refractivity (Wildman–Crippen MR) is 71.5 cm³/mol. The average molecular weight is 296 g/mol. The van der Waals surface area contributed by atoms with Crippen molar-refractivity contribution in [1.82, 2.24) is 9.55 Å². The average Bonchev–Trinajstić information content (AvgIpc) is 2.74. The van der Waals surface area contributed by atoms with Crippen molar-refractivity contribution >= 4 is 0 Å².